The van der Waals surface area contributed by atoms with Crippen LogP contribution in [0.4, 0.5) is 0 Å². The number of aromatic nitrogens is 3. The van der Waals surface area contributed by atoms with Gasteiger partial charge in [-0.1, -0.05) is 70.6 Å². The van der Waals surface area contributed by atoms with Gasteiger partial charge in [0.15, 0.2) is 5.65 Å². The molecule has 0 aliphatic heterocycles. The zero-order valence-electron chi connectivity index (χ0n) is 17.4. The van der Waals surface area contributed by atoms with Gasteiger partial charge in [0.2, 0.25) is 0 Å². The largest absolute Gasteiger partial charge is 0.323 e. The summed E-state index contributed by atoms with van der Waals surface area (Å²) in [5.41, 5.74) is 5.91. The molecule has 148 valence electrons. The second-order valence-corrected chi connectivity index (χ2v) is 8.94. The molecular weight excluding hydrogens is 342 g/mol. The zero-order chi connectivity index (χ0) is 19.3. The third-order valence-corrected chi connectivity index (χ3v) is 6.11. The van der Waals surface area contributed by atoms with Gasteiger partial charge in [-0.05, 0) is 54.4 Å². The fraction of sp³-hybridized carbons (Fsp3) is 0.520. The molecule has 1 fully saturated rings. The molecule has 2 heterocycles. The summed E-state index contributed by atoms with van der Waals surface area (Å²) in [4.78, 5) is 12.6. The Kier molecular flexibility index (Phi) is 6.09. The van der Waals surface area contributed by atoms with Gasteiger partial charge in [-0.25, -0.2) is 9.97 Å². The first-order valence-electron chi connectivity index (χ1n) is 11.1. The Morgan fingerprint density at radius 1 is 1.11 bits per heavy atom. The van der Waals surface area contributed by atoms with Crippen molar-refractivity contribution < 1.29 is 0 Å². The Morgan fingerprint density at radius 3 is 2.75 bits per heavy atom. The highest BCUT2D eigenvalue weighted by Crippen LogP contribution is 2.29. The van der Waals surface area contributed by atoms with Gasteiger partial charge in [-0.3, -0.25) is 0 Å². The molecule has 0 atom stereocenters. The molecule has 3 nitrogen and oxygen atoms in total. The molecule has 1 saturated carbocycles. The van der Waals surface area contributed by atoms with E-state index in [4.69, 9.17) is 4.98 Å². The molecule has 0 unspecified atom stereocenters. The van der Waals surface area contributed by atoms with Crippen molar-refractivity contribution in [3.63, 3.8) is 0 Å². The number of rotatable bonds is 7. The summed E-state index contributed by atoms with van der Waals surface area (Å²) >= 11 is 0. The molecule has 2 aromatic heterocycles. The summed E-state index contributed by atoms with van der Waals surface area (Å²) in [6.07, 6.45) is 14.1. The average Bonchev–Trinajstić information content (AvgIpc) is 3.12. The Morgan fingerprint density at radius 2 is 1.96 bits per heavy atom. The smallest absolute Gasteiger partial charge is 0.157 e. The normalized spacial score (nSPS) is 15.5. The van der Waals surface area contributed by atoms with Crippen molar-refractivity contribution in [1.82, 2.24) is 15.0 Å². The predicted molar refractivity (Wildman–Crippen MR) is 117 cm³/mol. The first-order chi connectivity index (χ1) is 13.7. The van der Waals surface area contributed by atoms with Crippen LogP contribution in [0, 0.1) is 11.8 Å². The third-order valence-electron chi connectivity index (χ3n) is 6.11. The number of imidazole rings is 1. The van der Waals surface area contributed by atoms with Crippen molar-refractivity contribution in [1.29, 1.82) is 0 Å². The lowest BCUT2D eigenvalue weighted by Crippen LogP contribution is -2.06. The molecule has 3 heteroatoms. The van der Waals surface area contributed by atoms with Crippen molar-refractivity contribution in [2.24, 2.45) is 11.8 Å². The third kappa shape index (κ3) is 4.63. The molecule has 3 aromatic rings. The first-order valence-corrected chi connectivity index (χ1v) is 11.1. The number of fused-ring (bicyclic) bond motifs is 1. The van der Waals surface area contributed by atoms with Crippen LogP contribution in [-0.2, 0) is 12.8 Å². The summed E-state index contributed by atoms with van der Waals surface area (Å²) in [6, 6.07) is 11.0. The van der Waals surface area contributed by atoms with E-state index in [1.165, 1.54) is 68.1 Å². The van der Waals surface area contributed by atoms with Crippen molar-refractivity contribution in [2.75, 3.05) is 0 Å². The van der Waals surface area contributed by atoms with E-state index < -0.39 is 0 Å². The molecule has 1 aliphatic rings. The number of hydrogen-bond donors (Lipinski definition) is 1. The van der Waals surface area contributed by atoms with Crippen LogP contribution in [-0.4, -0.2) is 15.0 Å². The zero-order valence-corrected chi connectivity index (χ0v) is 17.4. The number of hydrogen-bond acceptors (Lipinski definition) is 2. The van der Waals surface area contributed by atoms with E-state index in [1.807, 2.05) is 18.3 Å². The van der Waals surface area contributed by atoms with E-state index in [2.05, 4.69) is 42.0 Å². The van der Waals surface area contributed by atoms with Crippen LogP contribution < -0.4 is 0 Å². The van der Waals surface area contributed by atoms with Gasteiger partial charge in [0.1, 0.15) is 11.3 Å². The van der Waals surface area contributed by atoms with E-state index in [0.29, 0.717) is 5.92 Å². The van der Waals surface area contributed by atoms with Crippen molar-refractivity contribution in [2.45, 2.75) is 71.6 Å². The van der Waals surface area contributed by atoms with Crippen LogP contribution in [0.25, 0.3) is 22.6 Å². The van der Waals surface area contributed by atoms with Crippen LogP contribution in [0.15, 0.2) is 36.5 Å². The van der Waals surface area contributed by atoms with Crippen LogP contribution >= 0.6 is 0 Å². The van der Waals surface area contributed by atoms with Gasteiger partial charge in [0.05, 0.1) is 0 Å². The minimum Gasteiger partial charge on any atom is -0.323 e. The second kappa shape index (κ2) is 8.89. The average molecular weight is 376 g/mol. The van der Waals surface area contributed by atoms with Gasteiger partial charge in [-0.15, -0.1) is 0 Å². The molecule has 0 radical (unpaired) electrons. The summed E-state index contributed by atoms with van der Waals surface area (Å²) < 4.78 is 0. The Labute approximate surface area is 169 Å². The molecule has 28 heavy (non-hydrogen) atoms. The lowest BCUT2D eigenvalue weighted by atomic mass is 9.85. The molecular formula is C25H33N3. The van der Waals surface area contributed by atoms with E-state index in [-0.39, 0.29) is 0 Å². The van der Waals surface area contributed by atoms with E-state index in [1.54, 1.807) is 0 Å². The van der Waals surface area contributed by atoms with Crippen molar-refractivity contribution >= 4 is 11.2 Å². The minimum absolute atomic E-state index is 0.624. The van der Waals surface area contributed by atoms with Gasteiger partial charge in [0, 0.05) is 11.8 Å². The number of pyridine rings is 1. The van der Waals surface area contributed by atoms with Crippen LogP contribution in [0.5, 0.6) is 0 Å². The highest BCUT2D eigenvalue weighted by atomic mass is 15.0. The van der Waals surface area contributed by atoms with Crippen LogP contribution in [0.2, 0.25) is 0 Å². The molecule has 0 spiro atoms. The van der Waals surface area contributed by atoms with Gasteiger partial charge >= 0.3 is 0 Å². The van der Waals surface area contributed by atoms with Crippen molar-refractivity contribution in [3.05, 3.63) is 47.7 Å². The quantitative estimate of drug-likeness (QED) is 0.497. The monoisotopic (exact) mass is 375 g/mol. The minimum atomic E-state index is 0.624. The van der Waals surface area contributed by atoms with Crippen LogP contribution in [0.1, 0.15) is 69.9 Å². The number of aryl methyl sites for hydroxylation is 1. The standard InChI is InChI=1S/C25H33N3/c1-18(2)16-21-17-20(11-6-10-19-8-4-3-5-9-19)13-14-22(21)24-27-23-12-7-15-26-25(23)28-24/h7,12-15,17-19H,3-6,8-11,16H2,1-2H3,(H,26,27,28). The lowest BCUT2D eigenvalue weighted by Gasteiger charge is -2.21. The van der Waals surface area contributed by atoms with E-state index >= 15 is 0 Å². The Hall–Kier alpha value is -2.16. The fourth-order valence-electron chi connectivity index (χ4n) is 4.68. The molecule has 0 bridgehead atoms. The molecule has 1 N–H and O–H groups in total. The predicted octanol–water partition coefficient (Wildman–Crippen LogP) is 6.73. The summed E-state index contributed by atoms with van der Waals surface area (Å²) in [6.45, 7) is 4.58. The topological polar surface area (TPSA) is 41.6 Å². The van der Waals surface area contributed by atoms with Crippen molar-refractivity contribution in [3.8, 4) is 11.4 Å². The number of benzene rings is 1. The second-order valence-electron chi connectivity index (χ2n) is 8.94. The van der Waals surface area contributed by atoms with E-state index in [0.717, 1.165) is 29.3 Å². The maximum Gasteiger partial charge on any atom is 0.157 e. The highest BCUT2D eigenvalue weighted by Gasteiger charge is 2.15. The molecule has 1 aliphatic carbocycles. The fourth-order valence-corrected chi connectivity index (χ4v) is 4.68. The number of H-pyrrole nitrogens is 1. The Balaban J connectivity index is 1.51. The Bertz CT molecular complexity index is 870. The van der Waals surface area contributed by atoms with Gasteiger partial charge in [0.25, 0.3) is 0 Å². The highest BCUT2D eigenvalue weighted by molar-refractivity contribution is 5.76. The summed E-state index contributed by atoms with van der Waals surface area (Å²) in [7, 11) is 0. The molecule has 0 amide bonds. The SMILES string of the molecule is CC(C)Cc1cc(CCCC2CCCCC2)ccc1-c1nc2cccnc2[nH]1. The number of aromatic amines is 1. The maximum absolute atomic E-state index is 4.79. The summed E-state index contributed by atoms with van der Waals surface area (Å²) in [5.74, 6) is 2.54. The first kappa shape index (κ1) is 19.2. The summed E-state index contributed by atoms with van der Waals surface area (Å²) in [5, 5.41) is 0. The van der Waals surface area contributed by atoms with Crippen LogP contribution in [0.3, 0.4) is 0 Å². The number of nitrogens with zero attached hydrogens (tertiary/aromatic N) is 2. The lowest BCUT2D eigenvalue weighted by molar-refractivity contribution is 0.332. The van der Waals surface area contributed by atoms with Gasteiger partial charge in [-0.2, -0.15) is 0 Å². The van der Waals surface area contributed by atoms with Gasteiger partial charge < -0.3 is 4.98 Å². The number of nitrogens with one attached hydrogen (secondary N) is 1. The molecule has 1 aromatic carbocycles. The molecule has 0 saturated heterocycles. The molecule has 4 rings (SSSR count). The van der Waals surface area contributed by atoms with E-state index in [9.17, 15) is 0 Å². The maximum atomic E-state index is 4.79.